The standard InChI is InChI=1S/C14H23NOS/c1-4-16-14-7-5-13(6-8-14)11-15-12(2)9-10-17-3/h5-8,12,15H,4,9-11H2,1-3H3. The van der Waals surface area contributed by atoms with Gasteiger partial charge in [0.05, 0.1) is 6.61 Å². The molecule has 0 aromatic heterocycles. The number of thioether (sulfide) groups is 1. The van der Waals surface area contributed by atoms with Crippen molar-refractivity contribution in [2.24, 2.45) is 0 Å². The molecule has 0 bridgehead atoms. The average Bonchev–Trinajstić information content (AvgIpc) is 2.36. The molecule has 2 nitrogen and oxygen atoms in total. The van der Waals surface area contributed by atoms with Crippen molar-refractivity contribution in [1.82, 2.24) is 5.32 Å². The van der Waals surface area contributed by atoms with Crippen LogP contribution in [0.15, 0.2) is 24.3 Å². The predicted octanol–water partition coefficient (Wildman–Crippen LogP) is 3.32. The van der Waals surface area contributed by atoms with E-state index in [4.69, 9.17) is 4.74 Å². The van der Waals surface area contributed by atoms with Crippen molar-refractivity contribution in [3.05, 3.63) is 29.8 Å². The van der Waals surface area contributed by atoms with Crippen LogP contribution in [-0.4, -0.2) is 24.7 Å². The number of hydrogen-bond acceptors (Lipinski definition) is 3. The second kappa shape index (κ2) is 8.43. The molecule has 0 amide bonds. The van der Waals surface area contributed by atoms with Gasteiger partial charge in [0.1, 0.15) is 5.75 Å². The van der Waals surface area contributed by atoms with Crippen LogP contribution in [0.25, 0.3) is 0 Å². The van der Waals surface area contributed by atoms with E-state index >= 15 is 0 Å². The van der Waals surface area contributed by atoms with Crippen molar-refractivity contribution in [2.45, 2.75) is 32.9 Å². The van der Waals surface area contributed by atoms with E-state index < -0.39 is 0 Å². The maximum Gasteiger partial charge on any atom is 0.119 e. The fourth-order valence-electron chi connectivity index (χ4n) is 1.56. The highest BCUT2D eigenvalue weighted by Crippen LogP contribution is 2.12. The molecule has 1 N–H and O–H groups in total. The van der Waals surface area contributed by atoms with E-state index in [1.54, 1.807) is 0 Å². The van der Waals surface area contributed by atoms with Gasteiger partial charge in [-0.05, 0) is 50.0 Å². The molecule has 0 aliphatic carbocycles. The van der Waals surface area contributed by atoms with E-state index in [0.29, 0.717) is 6.04 Å². The molecular weight excluding hydrogens is 230 g/mol. The Morgan fingerprint density at radius 3 is 2.59 bits per heavy atom. The van der Waals surface area contributed by atoms with Crippen LogP contribution < -0.4 is 10.1 Å². The quantitative estimate of drug-likeness (QED) is 0.768. The van der Waals surface area contributed by atoms with Crippen molar-refractivity contribution < 1.29 is 4.74 Å². The van der Waals surface area contributed by atoms with Crippen LogP contribution in [-0.2, 0) is 6.54 Å². The van der Waals surface area contributed by atoms with Crippen LogP contribution in [0.1, 0.15) is 25.8 Å². The van der Waals surface area contributed by atoms with Gasteiger partial charge in [-0.25, -0.2) is 0 Å². The normalized spacial score (nSPS) is 12.4. The van der Waals surface area contributed by atoms with E-state index in [2.05, 4.69) is 30.6 Å². The molecule has 0 heterocycles. The SMILES string of the molecule is CCOc1ccc(CNC(C)CCSC)cc1. The number of benzene rings is 1. The first-order valence-corrected chi connectivity index (χ1v) is 7.59. The number of nitrogens with one attached hydrogen (secondary N) is 1. The molecule has 1 unspecified atom stereocenters. The molecular formula is C14H23NOS. The molecule has 1 rings (SSSR count). The third-order valence-corrected chi connectivity index (χ3v) is 3.29. The summed E-state index contributed by atoms with van der Waals surface area (Å²) in [5.41, 5.74) is 1.31. The van der Waals surface area contributed by atoms with Crippen LogP contribution in [0.3, 0.4) is 0 Å². The zero-order chi connectivity index (χ0) is 12.5. The first kappa shape index (κ1) is 14.4. The fraction of sp³-hybridized carbons (Fsp3) is 0.571. The summed E-state index contributed by atoms with van der Waals surface area (Å²) in [6, 6.07) is 8.90. The van der Waals surface area contributed by atoms with Gasteiger partial charge in [0, 0.05) is 12.6 Å². The van der Waals surface area contributed by atoms with Crippen molar-refractivity contribution in [3.63, 3.8) is 0 Å². The van der Waals surface area contributed by atoms with E-state index in [-0.39, 0.29) is 0 Å². The summed E-state index contributed by atoms with van der Waals surface area (Å²) in [5, 5.41) is 3.53. The van der Waals surface area contributed by atoms with Gasteiger partial charge < -0.3 is 10.1 Å². The van der Waals surface area contributed by atoms with Gasteiger partial charge in [0.2, 0.25) is 0 Å². The fourth-order valence-corrected chi connectivity index (χ4v) is 2.15. The number of hydrogen-bond donors (Lipinski definition) is 1. The molecule has 17 heavy (non-hydrogen) atoms. The van der Waals surface area contributed by atoms with E-state index in [0.717, 1.165) is 18.9 Å². The smallest absolute Gasteiger partial charge is 0.119 e. The highest BCUT2D eigenvalue weighted by Gasteiger charge is 2.01. The molecule has 0 radical (unpaired) electrons. The van der Waals surface area contributed by atoms with Crippen LogP contribution in [0.2, 0.25) is 0 Å². The molecule has 0 spiro atoms. The van der Waals surface area contributed by atoms with Gasteiger partial charge in [0.25, 0.3) is 0 Å². The first-order valence-electron chi connectivity index (χ1n) is 6.20. The number of rotatable bonds is 8. The van der Waals surface area contributed by atoms with E-state index in [9.17, 15) is 0 Å². The van der Waals surface area contributed by atoms with E-state index in [1.807, 2.05) is 30.8 Å². The van der Waals surface area contributed by atoms with Crippen LogP contribution in [0.5, 0.6) is 5.75 Å². The zero-order valence-corrected chi connectivity index (χ0v) is 11.8. The Labute approximate surface area is 109 Å². The highest BCUT2D eigenvalue weighted by atomic mass is 32.2. The van der Waals surface area contributed by atoms with Gasteiger partial charge in [-0.2, -0.15) is 11.8 Å². The van der Waals surface area contributed by atoms with Crippen molar-refractivity contribution in [3.8, 4) is 5.75 Å². The third-order valence-electron chi connectivity index (χ3n) is 2.64. The zero-order valence-electron chi connectivity index (χ0n) is 11.0. The maximum absolute atomic E-state index is 5.42. The summed E-state index contributed by atoms with van der Waals surface area (Å²) in [5.74, 6) is 2.17. The van der Waals surface area contributed by atoms with Crippen LogP contribution >= 0.6 is 11.8 Å². The summed E-state index contributed by atoms with van der Waals surface area (Å²) < 4.78 is 5.42. The monoisotopic (exact) mass is 253 g/mol. The van der Waals surface area contributed by atoms with Crippen molar-refractivity contribution >= 4 is 11.8 Å². The van der Waals surface area contributed by atoms with Gasteiger partial charge in [-0.15, -0.1) is 0 Å². The molecule has 0 saturated carbocycles. The summed E-state index contributed by atoms with van der Waals surface area (Å²) in [6.45, 7) is 5.90. The Balaban J connectivity index is 2.31. The van der Waals surface area contributed by atoms with Crippen LogP contribution in [0.4, 0.5) is 0 Å². The third kappa shape index (κ3) is 5.99. The summed E-state index contributed by atoms with van der Waals surface area (Å²) in [4.78, 5) is 0. The highest BCUT2D eigenvalue weighted by molar-refractivity contribution is 7.98. The lowest BCUT2D eigenvalue weighted by Gasteiger charge is -2.13. The first-order chi connectivity index (χ1) is 8.26. The molecule has 1 aromatic rings. The largest absolute Gasteiger partial charge is 0.494 e. The summed E-state index contributed by atoms with van der Waals surface area (Å²) in [6.07, 6.45) is 3.37. The minimum Gasteiger partial charge on any atom is -0.494 e. The molecule has 0 aliphatic rings. The van der Waals surface area contributed by atoms with Crippen molar-refractivity contribution in [1.29, 1.82) is 0 Å². The molecule has 1 atom stereocenters. The molecule has 3 heteroatoms. The lowest BCUT2D eigenvalue weighted by molar-refractivity contribution is 0.340. The Morgan fingerprint density at radius 2 is 2.00 bits per heavy atom. The minimum absolute atomic E-state index is 0.578. The molecule has 96 valence electrons. The second-order valence-electron chi connectivity index (χ2n) is 4.14. The predicted molar refractivity (Wildman–Crippen MR) is 76.9 cm³/mol. The van der Waals surface area contributed by atoms with E-state index in [1.165, 1.54) is 17.7 Å². The lowest BCUT2D eigenvalue weighted by Crippen LogP contribution is -2.25. The Morgan fingerprint density at radius 1 is 1.29 bits per heavy atom. The van der Waals surface area contributed by atoms with Crippen molar-refractivity contribution in [2.75, 3.05) is 18.6 Å². The van der Waals surface area contributed by atoms with Gasteiger partial charge in [-0.1, -0.05) is 12.1 Å². The average molecular weight is 253 g/mol. The molecule has 1 aromatic carbocycles. The maximum atomic E-state index is 5.42. The topological polar surface area (TPSA) is 21.3 Å². The van der Waals surface area contributed by atoms with Gasteiger partial charge >= 0.3 is 0 Å². The molecule has 0 aliphatic heterocycles. The molecule has 0 saturated heterocycles. The summed E-state index contributed by atoms with van der Waals surface area (Å²) in [7, 11) is 0. The Kier molecular flexibility index (Phi) is 7.13. The number of ether oxygens (including phenoxy) is 1. The Hall–Kier alpha value is -0.670. The minimum atomic E-state index is 0.578. The Bertz CT molecular complexity index is 300. The summed E-state index contributed by atoms with van der Waals surface area (Å²) >= 11 is 1.90. The second-order valence-corrected chi connectivity index (χ2v) is 5.13. The van der Waals surface area contributed by atoms with Crippen LogP contribution in [0, 0.1) is 0 Å². The molecule has 0 fully saturated rings. The lowest BCUT2D eigenvalue weighted by atomic mass is 10.2. The van der Waals surface area contributed by atoms with Gasteiger partial charge in [0.15, 0.2) is 0 Å². The van der Waals surface area contributed by atoms with Gasteiger partial charge in [-0.3, -0.25) is 0 Å².